The molecule has 2 aliphatic rings. The lowest BCUT2D eigenvalue weighted by molar-refractivity contribution is -0.183. The van der Waals surface area contributed by atoms with E-state index in [9.17, 15) is 4.79 Å². The Kier molecular flexibility index (Phi) is 5.74. The van der Waals surface area contributed by atoms with Crippen molar-refractivity contribution in [1.82, 2.24) is 5.32 Å². The van der Waals surface area contributed by atoms with Gasteiger partial charge in [-0.25, -0.2) is 4.79 Å². The number of nitrogens with one attached hydrogen (secondary N) is 1. The normalized spacial score (nSPS) is 21.5. The van der Waals surface area contributed by atoms with Gasteiger partial charge in [0.25, 0.3) is 0 Å². The van der Waals surface area contributed by atoms with Crippen molar-refractivity contribution in [2.24, 2.45) is 5.92 Å². The van der Waals surface area contributed by atoms with Crippen LogP contribution >= 0.6 is 0 Å². The standard InChI is InChI=1S/C19H27NO4/c1-2-17(16-8-10-19(11-9-16)23-12-13-24-19)20-18(21)22-14-15-6-4-3-5-7-15/h3-7,16-17H,2,8-14H2,1H3,(H,20,21)/t17-/m1/s1. The predicted molar refractivity (Wildman–Crippen MR) is 90.4 cm³/mol. The van der Waals surface area contributed by atoms with Crippen LogP contribution in [0.15, 0.2) is 30.3 Å². The van der Waals surface area contributed by atoms with E-state index < -0.39 is 0 Å². The van der Waals surface area contributed by atoms with Gasteiger partial charge in [-0.15, -0.1) is 0 Å². The first-order valence-electron chi connectivity index (χ1n) is 8.96. The molecule has 132 valence electrons. The minimum Gasteiger partial charge on any atom is -0.445 e. The van der Waals surface area contributed by atoms with E-state index in [0.717, 1.165) is 37.7 Å². The molecule has 0 aromatic heterocycles. The van der Waals surface area contributed by atoms with Crippen LogP contribution in [0.25, 0.3) is 0 Å². The largest absolute Gasteiger partial charge is 0.445 e. The van der Waals surface area contributed by atoms with E-state index in [1.165, 1.54) is 0 Å². The maximum Gasteiger partial charge on any atom is 0.407 e. The average molecular weight is 333 g/mol. The number of rotatable bonds is 5. The fraction of sp³-hybridized carbons (Fsp3) is 0.632. The second-order valence-corrected chi connectivity index (χ2v) is 6.67. The number of alkyl carbamates (subject to hydrolysis) is 1. The van der Waals surface area contributed by atoms with E-state index in [0.29, 0.717) is 25.7 Å². The van der Waals surface area contributed by atoms with Crippen molar-refractivity contribution in [3.05, 3.63) is 35.9 Å². The van der Waals surface area contributed by atoms with Gasteiger partial charge < -0.3 is 19.5 Å². The second-order valence-electron chi connectivity index (χ2n) is 6.67. The number of hydrogen-bond acceptors (Lipinski definition) is 4. The first kappa shape index (κ1) is 17.2. The van der Waals surface area contributed by atoms with E-state index in [1.54, 1.807) is 0 Å². The molecule has 1 amide bonds. The molecule has 5 nitrogen and oxygen atoms in total. The Morgan fingerprint density at radius 1 is 1.25 bits per heavy atom. The minimum absolute atomic E-state index is 0.145. The summed E-state index contributed by atoms with van der Waals surface area (Å²) >= 11 is 0. The molecule has 2 fully saturated rings. The number of carbonyl (C=O) groups excluding carboxylic acids is 1. The van der Waals surface area contributed by atoms with Crippen LogP contribution in [0.3, 0.4) is 0 Å². The van der Waals surface area contributed by atoms with E-state index in [-0.39, 0.29) is 17.9 Å². The molecule has 1 heterocycles. The molecule has 1 aromatic rings. The first-order valence-corrected chi connectivity index (χ1v) is 8.96. The Morgan fingerprint density at radius 2 is 1.92 bits per heavy atom. The summed E-state index contributed by atoms with van der Waals surface area (Å²) in [6, 6.07) is 9.88. The van der Waals surface area contributed by atoms with Gasteiger partial charge in [-0.3, -0.25) is 0 Å². The van der Waals surface area contributed by atoms with Crippen molar-refractivity contribution in [2.45, 2.75) is 57.5 Å². The van der Waals surface area contributed by atoms with Crippen LogP contribution in [0.1, 0.15) is 44.6 Å². The van der Waals surface area contributed by atoms with E-state index >= 15 is 0 Å². The zero-order valence-corrected chi connectivity index (χ0v) is 14.3. The Morgan fingerprint density at radius 3 is 2.54 bits per heavy atom. The smallest absolute Gasteiger partial charge is 0.407 e. The molecule has 1 aliphatic heterocycles. The highest BCUT2D eigenvalue weighted by Crippen LogP contribution is 2.39. The molecule has 24 heavy (non-hydrogen) atoms. The monoisotopic (exact) mass is 333 g/mol. The molecule has 5 heteroatoms. The Bertz CT molecular complexity index is 517. The van der Waals surface area contributed by atoms with Crippen molar-refractivity contribution in [1.29, 1.82) is 0 Å². The third-order valence-corrected chi connectivity index (χ3v) is 5.13. The average Bonchev–Trinajstić information content (AvgIpc) is 3.08. The molecule has 1 spiro atoms. The molecular weight excluding hydrogens is 306 g/mol. The molecule has 1 aliphatic carbocycles. The fourth-order valence-electron chi connectivity index (χ4n) is 3.74. The Hall–Kier alpha value is -1.59. The van der Waals surface area contributed by atoms with E-state index in [1.807, 2.05) is 30.3 Å². The zero-order valence-electron chi connectivity index (χ0n) is 14.3. The minimum atomic E-state index is -0.345. The molecular formula is C19H27NO4. The summed E-state index contributed by atoms with van der Waals surface area (Å²) in [4.78, 5) is 12.1. The van der Waals surface area contributed by atoms with E-state index in [4.69, 9.17) is 14.2 Å². The molecule has 1 saturated carbocycles. The van der Waals surface area contributed by atoms with Gasteiger partial charge >= 0.3 is 6.09 Å². The SMILES string of the molecule is CC[C@@H](NC(=O)OCc1ccccc1)C1CCC2(CC1)OCCO2. The molecule has 3 rings (SSSR count). The quantitative estimate of drug-likeness (QED) is 0.894. The highest BCUT2D eigenvalue weighted by Gasteiger charge is 2.41. The summed E-state index contributed by atoms with van der Waals surface area (Å²) < 4.78 is 16.9. The van der Waals surface area contributed by atoms with Crippen LogP contribution in [0.4, 0.5) is 4.79 Å². The Labute approximate surface area is 143 Å². The van der Waals surface area contributed by atoms with Crippen molar-refractivity contribution in [2.75, 3.05) is 13.2 Å². The molecule has 1 saturated heterocycles. The summed E-state index contributed by atoms with van der Waals surface area (Å²) in [7, 11) is 0. The maximum absolute atomic E-state index is 12.1. The molecule has 0 bridgehead atoms. The van der Waals surface area contributed by atoms with Crippen LogP contribution in [0.5, 0.6) is 0 Å². The predicted octanol–water partition coefficient (Wildman–Crippen LogP) is 3.62. The number of benzene rings is 1. The van der Waals surface area contributed by atoms with Gasteiger partial charge in [0.05, 0.1) is 13.2 Å². The number of amides is 1. The van der Waals surface area contributed by atoms with Gasteiger partial charge in [0, 0.05) is 18.9 Å². The first-order chi connectivity index (χ1) is 11.7. The van der Waals surface area contributed by atoms with Gasteiger partial charge in [0.2, 0.25) is 0 Å². The van der Waals surface area contributed by atoms with Crippen LogP contribution in [0.2, 0.25) is 0 Å². The van der Waals surface area contributed by atoms with Crippen molar-refractivity contribution in [3.8, 4) is 0 Å². The van der Waals surface area contributed by atoms with Crippen molar-refractivity contribution >= 4 is 6.09 Å². The number of hydrogen-bond donors (Lipinski definition) is 1. The molecule has 0 radical (unpaired) electrons. The Balaban J connectivity index is 1.45. The third kappa shape index (κ3) is 4.28. The molecule has 1 N–H and O–H groups in total. The lowest BCUT2D eigenvalue weighted by Crippen LogP contribution is -2.44. The summed E-state index contributed by atoms with van der Waals surface area (Å²) in [6.07, 6.45) is 4.41. The highest BCUT2D eigenvalue weighted by atomic mass is 16.7. The van der Waals surface area contributed by atoms with Gasteiger partial charge in [0.15, 0.2) is 5.79 Å². The molecule has 1 atom stereocenters. The number of carbonyl (C=O) groups is 1. The van der Waals surface area contributed by atoms with Gasteiger partial charge in [-0.1, -0.05) is 37.3 Å². The topological polar surface area (TPSA) is 56.8 Å². The van der Waals surface area contributed by atoms with Gasteiger partial charge in [-0.2, -0.15) is 0 Å². The molecule has 0 unspecified atom stereocenters. The summed E-state index contributed by atoms with van der Waals surface area (Å²) in [5, 5.41) is 3.04. The zero-order chi connectivity index (χ0) is 16.8. The summed E-state index contributed by atoms with van der Waals surface area (Å²) in [5.41, 5.74) is 0.996. The van der Waals surface area contributed by atoms with Crippen LogP contribution in [-0.4, -0.2) is 31.1 Å². The second kappa shape index (κ2) is 7.99. The van der Waals surface area contributed by atoms with Gasteiger partial charge in [-0.05, 0) is 30.7 Å². The van der Waals surface area contributed by atoms with Crippen LogP contribution in [0, 0.1) is 5.92 Å². The highest BCUT2D eigenvalue weighted by molar-refractivity contribution is 5.67. The summed E-state index contributed by atoms with van der Waals surface area (Å²) in [5.74, 6) is 0.112. The van der Waals surface area contributed by atoms with Gasteiger partial charge in [0.1, 0.15) is 6.61 Å². The van der Waals surface area contributed by atoms with Crippen LogP contribution < -0.4 is 5.32 Å². The van der Waals surface area contributed by atoms with Crippen LogP contribution in [-0.2, 0) is 20.8 Å². The lowest BCUT2D eigenvalue weighted by atomic mass is 9.80. The maximum atomic E-state index is 12.1. The fourth-order valence-corrected chi connectivity index (χ4v) is 3.74. The summed E-state index contributed by atoms with van der Waals surface area (Å²) in [6.45, 7) is 3.81. The molecule has 1 aromatic carbocycles. The van der Waals surface area contributed by atoms with Crippen molar-refractivity contribution in [3.63, 3.8) is 0 Å². The van der Waals surface area contributed by atoms with Crippen molar-refractivity contribution < 1.29 is 19.0 Å². The third-order valence-electron chi connectivity index (χ3n) is 5.13. The number of ether oxygens (including phenoxy) is 3. The lowest BCUT2D eigenvalue weighted by Gasteiger charge is -2.38. The van der Waals surface area contributed by atoms with E-state index in [2.05, 4.69) is 12.2 Å².